The molecule has 1 heterocycles. The average molecular weight is 274 g/mol. The van der Waals surface area contributed by atoms with Gasteiger partial charge >= 0.3 is 5.97 Å². The molecule has 106 valence electrons. The quantitative estimate of drug-likeness (QED) is 0.801. The number of hydrogen-bond donors (Lipinski definition) is 1. The van der Waals surface area contributed by atoms with Crippen LogP contribution in [0, 0.1) is 0 Å². The molecule has 0 aromatic heterocycles. The lowest BCUT2D eigenvalue weighted by molar-refractivity contribution is -0.145. The van der Waals surface area contributed by atoms with Gasteiger partial charge in [0, 0.05) is 6.61 Å². The summed E-state index contributed by atoms with van der Waals surface area (Å²) in [5.74, 6) is -0.814. The fourth-order valence-electron chi connectivity index (χ4n) is 1.86. The first kappa shape index (κ1) is 15.7. The summed E-state index contributed by atoms with van der Waals surface area (Å²) in [6.07, 6.45) is 1.56. The third kappa shape index (κ3) is 4.07. The Hall–Kier alpha value is -0.393. The van der Waals surface area contributed by atoms with Gasteiger partial charge in [-0.2, -0.15) is 0 Å². The largest absolute Gasteiger partial charge is 0.481 e. The van der Waals surface area contributed by atoms with E-state index in [2.05, 4.69) is 33.9 Å². The maximum atomic E-state index is 10.9. The Morgan fingerprint density at radius 2 is 2.06 bits per heavy atom. The molecule has 1 N–H and O–H groups in total. The Labute approximate surface area is 111 Å². The fraction of sp³-hybridized carbons (Fsp3) is 0.923. The first-order chi connectivity index (χ1) is 8.13. The lowest BCUT2D eigenvalue weighted by atomic mass is 10.0. The Bertz CT molecular complexity index is 296. The van der Waals surface area contributed by atoms with Crippen LogP contribution in [0.25, 0.3) is 0 Å². The molecule has 1 aliphatic heterocycles. The highest BCUT2D eigenvalue weighted by atomic mass is 28.4. The number of carboxylic acids is 1. The summed E-state index contributed by atoms with van der Waals surface area (Å²) in [5.41, 5.74) is 0. The van der Waals surface area contributed by atoms with E-state index in [-0.39, 0.29) is 23.7 Å². The number of aliphatic carboxylic acids is 1. The molecule has 0 amide bonds. The Morgan fingerprint density at radius 3 is 2.56 bits per heavy atom. The molecule has 1 aliphatic rings. The molecule has 5 heteroatoms. The third-order valence-corrected chi connectivity index (χ3v) is 8.51. The van der Waals surface area contributed by atoms with Crippen LogP contribution in [0.15, 0.2) is 0 Å². The minimum atomic E-state index is -1.86. The smallest absolute Gasteiger partial charge is 0.306 e. The van der Waals surface area contributed by atoms with E-state index in [1.807, 2.05) is 0 Å². The third-order valence-electron chi connectivity index (χ3n) is 4.01. The van der Waals surface area contributed by atoms with Gasteiger partial charge in [-0.1, -0.05) is 20.8 Å². The number of carbonyl (C=O) groups is 1. The molecule has 0 aromatic carbocycles. The van der Waals surface area contributed by atoms with Gasteiger partial charge in [0.25, 0.3) is 0 Å². The molecule has 0 unspecified atom stereocenters. The van der Waals surface area contributed by atoms with E-state index in [1.165, 1.54) is 0 Å². The van der Waals surface area contributed by atoms with Crippen molar-refractivity contribution in [1.29, 1.82) is 0 Å². The molecule has 1 saturated heterocycles. The minimum Gasteiger partial charge on any atom is -0.481 e. The molecular weight excluding hydrogens is 248 g/mol. The first-order valence-electron chi connectivity index (χ1n) is 6.65. The molecule has 0 aliphatic carbocycles. The molecule has 4 nitrogen and oxygen atoms in total. The second-order valence-electron chi connectivity index (χ2n) is 6.57. The summed E-state index contributed by atoms with van der Waals surface area (Å²) in [5, 5.41) is 9.05. The highest BCUT2D eigenvalue weighted by molar-refractivity contribution is 6.74. The van der Waals surface area contributed by atoms with Crippen LogP contribution in [0.1, 0.15) is 40.0 Å². The lowest BCUT2D eigenvalue weighted by Crippen LogP contribution is -2.49. The summed E-state index contributed by atoms with van der Waals surface area (Å²) in [6.45, 7) is 11.6. The Balaban J connectivity index is 2.70. The van der Waals surface area contributed by atoms with Gasteiger partial charge in [0.1, 0.15) is 0 Å². The molecule has 0 saturated carbocycles. The van der Waals surface area contributed by atoms with Crippen LogP contribution in [-0.4, -0.2) is 38.2 Å². The van der Waals surface area contributed by atoms with E-state index < -0.39 is 14.3 Å². The molecule has 1 rings (SSSR count). The molecule has 0 bridgehead atoms. The number of hydrogen-bond acceptors (Lipinski definition) is 3. The van der Waals surface area contributed by atoms with Gasteiger partial charge in [0.15, 0.2) is 8.32 Å². The SMILES string of the molecule is CC(C)(C)[Si](C)(C)O[C@H]1CCCO[C@@H]1CC(=O)O. The predicted molar refractivity (Wildman–Crippen MR) is 73.3 cm³/mol. The van der Waals surface area contributed by atoms with Crippen molar-refractivity contribution in [2.75, 3.05) is 6.61 Å². The summed E-state index contributed by atoms with van der Waals surface area (Å²) in [7, 11) is -1.86. The fourth-order valence-corrected chi connectivity index (χ4v) is 3.25. The Kier molecular flexibility index (Phi) is 4.97. The van der Waals surface area contributed by atoms with Gasteiger partial charge in [-0.05, 0) is 31.0 Å². The molecule has 2 atom stereocenters. The van der Waals surface area contributed by atoms with Crippen molar-refractivity contribution in [1.82, 2.24) is 0 Å². The van der Waals surface area contributed by atoms with Crippen molar-refractivity contribution in [3.05, 3.63) is 0 Å². The molecule has 18 heavy (non-hydrogen) atoms. The summed E-state index contributed by atoms with van der Waals surface area (Å²) in [6, 6.07) is 0. The maximum Gasteiger partial charge on any atom is 0.306 e. The highest BCUT2D eigenvalue weighted by Crippen LogP contribution is 2.39. The topological polar surface area (TPSA) is 55.8 Å². The van der Waals surface area contributed by atoms with Gasteiger partial charge in [-0.25, -0.2) is 0 Å². The van der Waals surface area contributed by atoms with Crippen molar-refractivity contribution in [3.8, 4) is 0 Å². The van der Waals surface area contributed by atoms with Crippen molar-refractivity contribution in [3.63, 3.8) is 0 Å². The standard InChI is InChI=1S/C13H26O4Si/c1-13(2,3)18(4,5)17-10-7-6-8-16-11(10)9-12(14)15/h10-11H,6-9H2,1-5H3,(H,14,15)/t10-,11+/m0/s1. The van der Waals surface area contributed by atoms with Crippen molar-refractivity contribution in [2.45, 2.75) is 70.4 Å². The van der Waals surface area contributed by atoms with Crippen LogP contribution in [-0.2, 0) is 14.0 Å². The van der Waals surface area contributed by atoms with Crippen LogP contribution in [0.4, 0.5) is 0 Å². The summed E-state index contributed by atoms with van der Waals surface area (Å²) in [4.78, 5) is 10.9. The lowest BCUT2D eigenvalue weighted by Gasteiger charge is -2.42. The van der Waals surface area contributed by atoms with Crippen LogP contribution < -0.4 is 0 Å². The van der Waals surface area contributed by atoms with Gasteiger partial charge in [-0.3, -0.25) is 4.79 Å². The molecule has 0 radical (unpaired) electrons. The van der Waals surface area contributed by atoms with Crippen molar-refractivity contribution < 1.29 is 19.1 Å². The van der Waals surface area contributed by atoms with E-state index >= 15 is 0 Å². The summed E-state index contributed by atoms with van der Waals surface area (Å²) < 4.78 is 11.9. The molecular formula is C13H26O4Si. The molecule has 0 spiro atoms. The van der Waals surface area contributed by atoms with Crippen LogP contribution >= 0.6 is 0 Å². The van der Waals surface area contributed by atoms with E-state index in [4.69, 9.17) is 14.3 Å². The zero-order chi connectivity index (χ0) is 14.0. The van der Waals surface area contributed by atoms with Crippen LogP contribution in [0.2, 0.25) is 18.1 Å². The van der Waals surface area contributed by atoms with E-state index in [0.29, 0.717) is 6.61 Å². The first-order valence-corrected chi connectivity index (χ1v) is 9.55. The van der Waals surface area contributed by atoms with Crippen molar-refractivity contribution in [2.24, 2.45) is 0 Å². The predicted octanol–water partition coefficient (Wildman–Crippen LogP) is 3.03. The number of ether oxygens (including phenoxy) is 1. The summed E-state index contributed by atoms with van der Waals surface area (Å²) >= 11 is 0. The minimum absolute atomic E-state index is 0.0410. The van der Waals surface area contributed by atoms with Crippen LogP contribution in [0.3, 0.4) is 0 Å². The molecule has 1 fully saturated rings. The van der Waals surface area contributed by atoms with Gasteiger partial charge < -0.3 is 14.3 Å². The average Bonchev–Trinajstić information content (AvgIpc) is 2.18. The monoisotopic (exact) mass is 274 g/mol. The second-order valence-corrected chi connectivity index (χ2v) is 11.3. The van der Waals surface area contributed by atoms with Crippen LogP contribution in [0.5, 0.6) is 0 Å². The second kappa shape index (κ2) is 5.71. The number of rotatable bonds is 4. The van der Waals surface area contributed by atoms with Gasteiger partial charge in [0.2, 0.25) is 0 Å². The normalized spacial score (nSPS) is 26.1. The van der Waals surface area contributed by atoms with Crippen molar-refractivity contribution >= 4 is 14.3 Å². The highest BCUT2D eigenvalue weighted by Gasteiger charge is 2.41. The van der Waals surface area contributed by atoms with E-state index in [1.54, 1.807) is 0 Å². The number of carboxylic acid groups (broad SMARTS) is 1. The Morgan fingerprint density at radius 1 is 1.44 bits per heavy atom. The zero-order valence-corrected chi connectivity index (χ0v) is 13.2. The van der Waals surface area contributed by atoms with Gasteiger partial charge in [0.05, 0.1) is 18.6 Å². The molecule has 0 aromatic rings. The maximum absolute atomic E-state index is 10.9. The van der Waals surface area contributed by atoms with E-state index in [9.17, 15) is 4.79 Å². The van der Waals surface area contributed by atoms with Gasteiger partial charge in [-0.15, -0.1) is 0 Å². The van der Waals surface area contributed by atoms with E-state index in [0.717, 1.165) is 12.8 Å². The zero-order valence-electron chi connectivity index (χ0n) is 12.2.